The van der Waals surface area contributed by atoms with Gasteiger partial charge in [0.05, 0.1) is 11.8 Å². The van der Waals surface area contributed by atoms with Gasteiger partial charge in [0, 0.05) is 11.3 Å². The van der Waals surface area contributed by atoms with Gasteiger partial charge in [0.25, 0.3) is 5.91 Å². The van der Waals surface area contributed by atoms with Gasteiger partial charge in [-0.3, -0.25) is 4.79 Å². The molecule has 6 heteroatoms. The zero-order valence-electron chi connectivity index (χ0n) is 11.0. The van der Waals surface area contributed by atoms with E-state index in [-0.39, 0.29) is 11.5 Å². The normalized spacial score (nSPS) is 10.5. The third-order valence-electron chi connectivity index (χ3n) is 2.71. The van der Waals surface area contributed by atoms with Crippen molar-refractivity contribution < 1.29 is 14.7 Å². The molecule has 0 saturated carbocycles. The third kappa shape index (κ3) is 3.90. The molecule has 0 atom stereocenters. The Labute approximate surface area is 120 Å². The van der Waals surface area contributed by atoms with E-state index in [1.807, 2.05) is 0 Å². The molecule has 0 bridgehead atoms. The van der Waals surface area contributed by atoms with Crippen LogP contribution in [0.2, 0.25) is 0 Å². The van der Waals surface area contributed by atoms with Crippen molar-refractivity contribution in [1.82, 2.24) is 5.43 Å². The first kappa shape index (κ1) is 14.3. The molecule has 1 amide bonds. The number of carbonyl (C=O) groups is 2. The highest BCUT2D eigenvalue weighted by atomic mass is 16.4. The van der Waals surface area contributed by atoms with Crippen LogP contribution in [0.4, 0.5) is 5.69 Å². The smallest absolute Gasteiger partial charge is 0.335 e. The molecule has 0 radical (unpaired) electrons. The molecule has 0 heterocycles. The van der Waals surface area contributed by atoms with Gasteiger partial charge in [0.2, 0.25) is 0 Å². The van der Waals surface area contributed by atoms with Crippen molar-refractivity contribution in [3.05, 3.63) is 65.2 Å². The molecule has 21 heavy (non-hydrogen) atoms. The molecular formula is C15H13N3O3. The summed E-state index contributed by atoms with van der Waals surface area (Å²) in [6.07, 6.45) is 1.43. The number of nitrogens with one attached hydrogen (secondary N) is 1. The summed E-state index contributed by atoms with van der Waals surface area (Å²) in [6.45, 7) is 0. The average molecular weight is 283 g/mol. The third-order valence-corrected chi connectivity index (χ3v) is 2.71. The predicted molar refractivity (Wildman–Crippen MR) is 79.3 cm³/mol. The number of carbonyl (C=O) groups excluding carboxylic acids is 1. The molecule has 0 aliphatic carbocycles. The van der Waals surface area contributed by atoms with Crippen molar-refractivity contribution in [3.8, 4) is 0 Å². The molecule has 106 valence electrons. The van der Waals surface area contributed by atoms with Crippen LogP contribution < -0.4 is 11.2 Å². The maximum Gasteiger partial charge on any atom is 0.335 e. The Morgan fingerprint density at radius 3 is 2.14 bits per heavy atom. The van der Waals surface area contributed by atoms with Crippen molar-refractivity contribution >= 4 is 23.8 Å². The van der Waals surface area contributed by atoms with E-state index >= 15 is 0 Å². The summed E-state index contributed by atoms with van der Waals surface area (Å²) in [4.78, 5) is 22.4. The second-order valence-corrected chi connectivity index (χ2v) is 4.25. The summed E-state index contributed by atoms with van der Waals surface area (Å²) in [6, 6.07) is 12.6. The fourth-order valence-electron chi connectivity index (χ4n) is 1.58. The van der Waals surface area contributed by atoms with Crippen molar-refractivity contribution in [2.75, 3.05) is 5.73 Å². The van der Waals surface area contributed by atoms with Gasteiger partial charge in [0.1, 0.15) is 0 Å². The van der Waals surface area contributed by atoms with Gasteiger partial charge < -0.3 is 10.8 Å². The molecular weight excluding hydrogens is 270 g/mol. The van der Waals surface area contributed by atoms with Gasteiger partial charge in [-0.15, -0.1) is 0 Å². The molecule has 0 saturated heterocycles. The van der Waals surface area contributed by atoms with Crippen LogP contribution in [-0.4, -0.2) is 23.2 Å². The minimum atomic E-state index is -0.991. The number of anilines is 1. The monoisotopic (exact) mass is 283 g/mol. The molecule has 0 aliphatic heterocycles. The van der Waals surface area contributed by atoms with E-state index in [2.05, 4.69) is 10.5 Å². The van der Waals surface area contributed by atoms with Crippen LogP contribution >= 0.6 is 0 Å². The highest BCUT2D eigenvalue weighted by Gasteiger charge is 2.03. The van der Waals surface area contributed by atoms with Crippen molar-refractivity contribution in [3.63, 3.8) is 0 Å². The maximum absolute atomic E-state index is 11.7. The summed E-state index contributed by atoms with van der Waals surface area (Å²) in [5.74, 6) is -1.34. The van der Waals surface area contributed by atoms with Crippen LogP contribution in [0.1, 0.15) is 26.3 Å². The fraction of sp³-hybridized carbons (Fsp3) is 0. The Balaban J connectivity index is 1.97. The standard InChI is InChI=1S/C15H13N3O3/c16-13-7-5-11(6-8-13)14(19)18-17-9-10-1-3-12(4-2-10)15(20)21/h1-9H,16H2,(H,18,19)(H,20,21)/b17-9+. The molecule has 4 N–H and O–H groups in total. The quantitative estimate of drug-likeness (QED) is 0.451. The molecule has 2 aromatic rings. The first-order valence-corrected chi connectivity index (χ1v) is 6.08. The Morgan fingerprint density at radius 1 is 1.00 bits per heavy atom. The second kappa shape index (κ2) is 6.33. The Kier molecular flexibility index (Phi) is 4.30. The number of nitrogens with two attached hydrogens (primary N) is 1. The Bertz CT molecular complexity index is 676. The zero-order chi connectivity index (χ0) is 15.2. The van der Waals surface area contributed by atoms with Gasteiger partial charge in [-0.2, -0.15) is 5.10 Å². The lowest BCUT2D eigenvalue weighted by Gasteiger charge is -2.00. The number of amides is 1. The summed E-state index contributed by atoms with van der Waals surface area (Å²) in [5, 5.41) is 12.6. The number of hydrogen-bond donors (Lipinski definition) is 3. The van der Waals surface area contributed by atoms with E-state index in [0.29, 0.717) is 16.8 Å². The van der Waals surface area contributed by atoms with Crippen LogP contribution in [0.15, 0.2) is 53.6 Å². The highest BCUT2D eigenvalue weighted by Crippen LogP contribution is 2.05. The lowest BCUT2D eigenvalue weighted by atomic mass is 10.1. The first-order valence-electron chi connectivity index (χ1n) is 6.08. The molecule has 0 fully saturated rings. The number of rotatable bonds is 4. The first-order chi connectivity index (χ1) is 10.1. The lowest BCUT2D eigenvalue weighted by Crippen LogP contribution is -2.17. The minimum Gasteiger partial charge on any atom is -0.478 e. The van der Waals surface area contributed by atoms with Gasteiger partial charge in [-0.05, 0) is 42.0 Å². The number of aromatic carboxylic acids is 1. The van der Waals surface area contributed by atoms with E-state index in [4.69, 9.17) is 10.8 Å². The molecule has 0 aromatic heterocycles. The van der Waals surface area contributed by atoms with Crippen molar-refractivity contribution in [1.29, 1.82) is 0 Å². The molecule has 0 unspecified atom stereocenters. The summed E-state index contributed by atoms with van der Waals surface area (Å²) < 4.78 is 0. The van der Waals surface area contributed by atoms with Gasteiger partial charge in [0.15, 0.2) is 0 Å². The number of nitrogens with zero attached hydrogens (tertiary/aromatic N) is 1. The number of carboxylic acids is 1. The summed E-state index contributed by atoms with van der Waals surface area (Å²) >= 11 is 0. The lowest BCUT2D eigenvalue weighted by molar-refractivity contribution is 0.0696. The van der Waals surface area contributed by atoms with Crippen LogP contribution in [-0.2, 0) is 0 Å². The van der Waals surface area contributed by atoms with Crippen molar-refractivity contribution in [2.45, 2.75) is 0 Å². The van der Waals surface area contributed by atoms with E-state index in [1.54, 1.807) is 36.4 Å². The SMILES string of the molecule is Nc1ccc(C(=O)N/N=C/c2ccc(C(=O)O)cc2)cc1. The van der Waals surface area contributed by atoms with E-state index in [9.17, 15) is 9.59 Å². The molecule has 0 aliphatic rings. The summed E-state index contributed by atoms with van der Waals surface area (Å²) in [5.41, 5.74) is 9.81. The average Bonchev–Trinajstić information content (AvgIpc) is 2.48. The molecule has 0 spiro atoms. The second-order valence-electron chi connectivity index (χ2n) is 4.25. The summed E-state index contributed by atoms with van der Waals surface area (Å²) in [7, 11) is 0. The van der Waals surface area contributed by atoms with Crippen molar-refractivity contribution in [2.24, 2.45) is 5.10 Å². The van der Waals surface area contributed by atoms with Crippen LogP contribution in [0.25, 0.3) is 0 Å². The number of nitrogen functional groups attached to an aromatic ring is 1. The molecule has 2 rings (SSSR count). The predicted octanol–water partition coefficient (Wildman–Crippen LogP) is 1.73. The fourth-order valence-corrected chi connectivity index (χ4v) is 1.58. The van der Waals surface area contributed by atoms with E-state index < -0.39 is 5.97 Å². The minimum absolute atomic E-state index is 0.193. The van der Waals surface area contributed by atoms with E-state index in [1.165, 1.54) is 18.3 Å². The van der Waals surface area contributed by atoms with Crippen LogP contribution in [0, 0.1) is 0 Å². The van der Waals surface area contributed by atoms with Gasteiger partial charge >= 0.3 is 5.97 Å². The van der Waals surface area contributed by atoms with E-state index in [0.717, 1.165) is 0 Å². The Morgan fingerprint density at radius 2 is 1.57 bits per heavy atom. The molecule has 2 aromatic carbocycles. The van der Waals surface area contributed by atoms with Gasteiger partial charge in [-0.1, -0.05) is 12.1 Å². The number of hydrogen-bond acceptors (Lipinski definition) is 4. The zero-order valence-corrected chi connectivity index (χ0v) is 11.0. The number of hydrazone groups is 1. The van der Waals surface area contributed by atoms with Crippen LogP contribution in [0.5, 0.6) is 0 Å². The Hall–Kier alpha value is -3.15. The largest absolute Gasteiger partial charge is 0.478 e. The number of carboxylic acid groups (broad SMARTS) is 1. The maximum atomic E-state index is 11.7. The molecule has 6 nitrogen and oxygen atoms in total. The highest BCUT2D eigenvalue weighted by molar-refractivity contribution is 5.95. The van der Waals surface area contributed by atoms with Gasteiger partial charge in [-0.25, -0.2) is 10.2 Å². The number of benzene rings is 2. The van der Waals surface area contributed by atoms with Crippen LogP contribution in [0.3, 0.4) is 0 Å². The topological polar surface area (TPSA) is 105 Å².